The summed E-state index contributed by atoms with van der Waals surface area (Å²) >= 11 is 1.71. The maximum Gasteiger partial charge on any atom is 0.225 e. The third kappa shape index (κ3) is 4.46. The zero-order valence-electron chi connectivity index (χ0n) is 18.0. The second kappa shape index (κ2) is 8.86. The van der Waals surface area contributed by atoms with E-state index in [-0.39, 0.29) is 17.4 Å². The van der Waals surface area contributed by atoms with Crippen molar-refractivity contribution in [2.75, 3.05) is 31.1 Å². The summed E-state index contributed by atoms with van der Waals surface area (Å²) in [5, 5.41) is 6.27. The van der Waals surface area contributed by atoms with E-state index in [4.69, 9.17) is 0 Å². The number of piperazine rings is 1. The summed E-state index contributed by atoms with van der Waals surface area (Å²) in [5.41, 5.74) is 0.642. The highest BCUT2D eigenvalue weighted by Gasteiger charge is 2.38. The molecule has 7 nitrogen and oxygen atoms in total. The van der Waals surface area contributed by atoms with Crippen LogP contribution in [0.25, 0.3) is 10.9 Å². The lowest BCUT2D eigenvalue weighted by Crippen LogP contribution is -2.50. The number of anilines is 1. The van der Waals surface area contributed by atoms with Crippen molar-refractivity contribution >= 4 is 40.0 Å². The predicted molar refractivity (Wildman–Crippen MR) is 126 cm³/mol. The molecule has 1 N–H and O–H groups in total. The molecule has 5 rings (SSSR count). The van der Waals surface area contributed by atoms with E-state index in [9.17, 15) is 9.59 Å². The van der Waals surface area contributed by atoms with Gasteiger partial charge >= 0.3 is 0 Å². The van der Waals surface area contributed by atoms with E-state index < -0.39 is 0 Å². The van der Waals surface area contributed by atoms with E-state index in [1.54, 1.807) is 11.3 Å². The number of hydrogen-bond donors (Lipinski definition) is 1. The molecule has 0 bridgehead atoms. The van der Waals surface area contributed by atoms with Gasteiger partial charge in [-0.1, -0.05) is 24.3 Å². The monoisotopic (exact) mass is 449 g/mol. The lowest BCUT2D eigenvalue weighted by atomic mass is 9.87. The van der Waals surface area contributed by atoms with Crippen molar-refractivity contribution in [1.29, 1.82) is 0 Å². The number of nitrogens with one attached hydrogen (secondary N) is 1. The number of carbonyl (C=O) groups excluding carboxylic acids is 2. The van der Waals surface area contributed by atoms with Crippen LogP contribution in [-0.4, -0.2) is 58.4 Å². The van der Waals surface area contributed by atoms with Crippen LogP contribution in [0.4, 0.5) is 5.95 Å². The summed E-state index contributed by atoms with van der Waals surface area (Å²) in [7, 11) is 0. The van der Waals surface area contributed by atoms with Gasteiger partial charge in [0.05, 0.1) is 5.52 Å². The average Bonchev–Trinajstić information content (AvgIpc) is 3.47. The SMILES string of the molecule is O=C1CCC(CCC(=O)N2CCN(c3ncc4ccccc4n3)CC2)(Cc2cccs2)N1. The van der Waals surface area contributed by atoms with Crippen LogP contribution < -0.4 is 10.2 Å². The fourth-order valence-corrected chi connectivity index (χ4v) is 5.55. The fourth-order valence-electron chi connectivity index (χ4n) is 4.70. The van der Waals surface area contributed by atoms with Crippen molar-refractivity contribution in [3.05, 3.63) is 52.9 Å². The van der Waals surface area contributed by atoms with Gasteiger partial charge in [0.25, 0.3) is 0 Å². The molecule has 1 unspecified atom stereocenters. The van der Waals surface area contributed by atoms with Crippen molar-refractivity contribution in [3.63, 3.8) is 0 Å². The number of thiophene rings is 1. The maximum absolute atomic E-state index is 13.0. The molecule has 4 heterocycles. The van der Waals surface area contributed by atoms with E-state index in [1.165, 1.54) is 4.88 Å². The summed E-state index contributed by atoms with van der Waals surface area (Å²) in [6.45, 7) is 2.78. The summed E-state index contributed by atoms with van der Waals surface area (Å²) in [4.78, 5) is 39.5. The van der Waals surface area contributed by atoms with Gasteiger partial charge in [-0.25, -0.2) is 9.97 Å². The highest BCUT2D eigenvalue weighted by molar-refractivity contribution is 7.09. The molecule has 2 saturated heterocycles. The first-order valence-electron chi connectivity index (χ1n) is 11.2. The Bertz CT molecular complexity index is 1110. The van der Waals surface area contributed by atoms with Crippen molar-refractivity contribution in [2.45, 2.75) is 37.6 Å². The third-order valence-corrected chi connectivity index (χ3v) is 7.41. The Hall–Kier alpha value is -3.00. The van der Waals surface area contributed by atoms with Gasteiger partial charge in [0.2, 0.25) is 17.8 Å². The average molecular weight is 450 g/mol. The number of benzene rings is 1. The molecule has 0 aliphatic carbocycles. The molecule has 2 aliphatic heterocycles. The topological polar surface area (TPSA) is 78.4 Å². The second-order valence-electron chi connectivity index (χ2n) is 8.68. The largest absolute Gasteiger partial charge is 0.350 e. The Labute approximate surface area is 191 Å². The number of fused-ring (bicyclic) bond motifs is 1. The van der Waals surface area contributed by atoms with Gasteiger partial charge in [0.15, 0.2) is 0 Å². The number of para-hydroxylation sites is 1. The van der Waals surface area contributed by atoms with Crippen molar-refractivity contribution in [3.8, 4) is 0 Å². The number of aromatic nitrogens is 2. The highest BCUT2D eigenvalue weighted by Crippen LogP contribution is 2.31. The van der Waals surface area contributed by atoms with Gasteiger partial charge in [-0.15, -0.1) is 11.3 Å². The Morgan fingerprint density at radius 3 is 2.72 bits per heavy atom. The lowest BCUT2D eigenvalue weighted by Gasteiger charge is -2.36. The van der Waals surface area contributed by atoms with Gasteiger partial charge in [-0.2, -0.15) is 0 Å². The summed E-state index contributed by atoms with van der Waals surface area (Å²) < 4.78 is 0. The quantitative estimate of drug-likeness (QED) is 0.626. The number of hydrogen-bond acceptors (Lipinski definition) is 6. The molecule has 2 aliphatic rings. The van der Waals surface area contributed by atoms with Crippen LogP contribution in [0.15, 0.2) is 48.0 Å². The molecule has 3 aromatic rings. The number of nitrogens with zero attached hydrogens (tertiary/aromatic N) is 4. The maximum atomic E-state index is 13.0. The van der Waals surface area contributed by atoms with E-state index in [1.807, 2.05) is 41.4 Å². The van der Waals surface area contributed by atoms with E-state index >= 15 is 0 Å². The number of carbonyl (C=O) groups is 2. The van der Waals surface area contributed by atoms with Crippen LogP contribution >= 0.6 is 11.3 Å². The van der Waals surface area contributed by atoms with Gasteiger partial charge < -0.3 is 15.1 Å². The summed E-state index contributed by atoms with van der Waals surface area (Å²) in [6, 6.07) is 12.1. The molecule has 1 aromatic carbocycles. The summed E-state index contributed by atoms with van der Waals surface area (Å²) in [5.74, 6) is 0.980. The molecule has 1 atom stereocenters. The second-order valence-corrected chi connectivity index (χ2v) is 9.71. The molecule has 166 valence electrons. The highest BCUT2D eigenvalue weighted by atomic mass is 32.1. The van der Waals surface area contributed by atoms with Gasteiger partial charge in [0.1, 0.15) is 0 Å². The molecule has 0 saturated carbocycles. The predicted octanol–water partition coefficient (Wildman–Crippen LogP) is 3.01. The molecule has 2 fully saturated rings. The molecule has 0 radical (unpaired) electrons. The molecule has 0 spiro atoms. The lowest BCUT2D eigenvalue weighted by molar-refractivity contribution is -0.132. The minimum Gasteiger partial charge on any atom is -0.350 e. The van der Waals surface area contributed by atoms with Crippen LogP contribution in [0.3, 0.4) is 0 Å². The van der Waals surface area contributed by atoms with Gasteiger partial charge in [-0.3, -0.25) is 9.59 Å². The Morgan fingerprint density at radius 2 is 1.97 bits per heavy atom. The molecule has 32 heavy (non-hydrogen) atoms. The van der Waals surface area contributed by atoms with Crippen LogP contribution in [-0.2, 0) is 16.0 Å². The molecular weight excluding hydrogens is 422 g/mol. The number of amides is 2. The Kier molecular flexibility index (Phi) is 5.78. The third-order valence-electron chi connectivity index (χ3n) is 6.54. The number of rotatable bonds is 6. The molecule has 2 aromatic heterocycles. The van der Waals surface area contributed by atoms with E-state index in [0.29, 0.717) is 32.4 Å². The minimum absolute atomic E-state index is 0.0954. The van der Waals surface area contributed by atoms with Gasteiger partial charge in [-0.05, 0) is 30.4 Å². The van der Waals surface area contributed by atoms with Crippen LogP contribution in [0.2, 0.25) is 0 Å². The fraction of sp³-hybridized carbons (Fsp3) is 0.417. The minimum atomic E-state index is -0.293. The first-order chi connectivity index (χ1) is 15.6. The van der Waals surface area contributed by atoms with Crippen molar-refractivity contribution in [2.24, 2.45) is 0 Å². The molecule has 8 heteroatoms. The normalized spacial score (nSPS) is 21.2. The smallest absolute Gasteiger partial charge is 0.225 e. The zero-order chi connectivity index (χ0) is 22.0. The Morgan fingerprint density at radius 1 is 1.12 bits per heavy atom. The van der Waals surface area contributed by atoms with Crippen LogP contribution in [0.5, 0.6) is 0 Å². The summed E-state index contributed by atoms with van der Waals surface area (Å²) in [6.07, 6.45) is 5.14. The van der Waals surface area contributed by atoms with E-state index in [2.05, 4.69) is 31.6 Å². The van der Waals surface area contributed by atoms with Crippen molar-refractivity contribution in [1.82, 2.24) is 20.2 Å². The molecule has 2 amide bonds. The van der Waals surface area contributed by atoms with Crippen LogP contribution in [0.1, 0.15) is 30.6 Å². The Balaban J connectivity index is 1.17. The molecular formula is C24H27N5O2S. The van der Waals surface area contributed by atoms with E-state index in [0.717, 1.165) is 42.8 Å². The standard InChI is InChI=1S/C24H27N5O2S/c30-21-7-9-24(27-21,16-19-5-3-15-32-19)10-8-22(31)28-11-13-29(14-12-28)23-25-17-18-4-1-2-6-20(18)26-23/h1-6,15,17H,7-14,16H2,(H,27,30). The zero-order valence-corrected chi connectivity index (χ0v) is 18.8. The van der Waals surface area contributed by atoms with Crippen LogP contribution in [0, 0.1) is 0 Å². The van der Waals surface area contributed by atoms with Crippen molar-refractivity contribution < 1.29 is 9.59 Å². The first kappa shape index (κ1) is 20.9. The first-order valence-corrected chi connectivity index (χ1v) is 12.1. The van der Waals surface area contributed by atoms with Gasteiger partial charge in [0, 0.05) is 67.4 Å².